The van der Waals surface area contributed by atoms with Gasteiger partial charge in [0.25, 0.3) is 0 Å². The van der Waals surface area contributed by atoms with Crippen LogP contribution in [0.15, 0.2) is 48.5 Å². The highest BCUT2D eigenvalue weighted by Crippen LogP contribution is 2.23. The largest absolute Gasteiger partial charge is 0.490 e. The first-order chi connectivity index (χ1) is 13.5. The van der Waals surface area contributed by atoms with Gasteiger partial charge in [0.15, 0.2) is 11.6 Å². The summed E-state index contributed by atoms with van der Waals surface area (Å²) < 4.78 is 19.8. The molecule has 0 saturated carbocycles. The molecule has 0 bridgehead atoms. The van der Waals surface area contributed by atoms with Crippen molar-refractivity contribution in [3.63, 3.8) is 0 Å². The second kappa shape index (κ2) is 10.5. The van der Waals surface area contributed by atoms with Gasteiger partial charge in [0.05, 0.1) is 19.6 Å². The first-order valence-corrected chi connectivity index (χ1v) is 8.73. The summed E-state index contributed by atoms with van der Waals surface area (Å²) >= 11 is 0. The number of rotatable bonds is 9. The van der Waals surface area contributed by atoms with E-state index in [0.717, 1.165) is 5.56 Å². The smallest absolute Gasteiger partial charge is 0.304 e. The van der Waals surface area contributed by atoms with Crippen LogP contribution in [0.5, 0.6) is 5.75 Å². The standard InChI is InChI=1S/C19H20FN5O3.ClH/c20-16-10-14(19-22-24-25(23-19)12-15(21)11-18(26)27)6-7-17(16)28-9-8-13-4-2-1-3-5-13;/h1-7,10,15H,8-9,11-12,21H2,(H,26,27);1H. The summed E-state index contributed by atoms with van der Waals surface area (Å²) in [4.78, 5) is 11.9. The van der Waals surface area contributed by atoms with E-state index >= 15 is 0 Å². The van der Waals surface area contributed by atoms with Gasteiger partial charge in [-0.3, -0.25) is 4.79 Å². The van der Waals surface area contributed by atoms with Crippen LogP contribution >= 0.6 is 12.4 Å². The minimum absolute atomic E-state index is 0. The van der Waals surface area contributed by atoms with Crippen molar-refractivity contribution >= 4 is 18.4 Å². The van der Waals surface area contributed by atoms with E-state index < -0.39 is 17.8 Å². The summed E-state index contributed by atoms with van der Waals surface area (Å²) in [6.07, 6.45) is 0.467. The van der Waals surface area contributed by atoms with Crippen LogP contribution in [0.4, 0.5) is 4.39 Å². The molecule has 8 nitrogen and oxygen atoms in total. The molecule has 154 valence electrons. The molecule has 1 unspecified atom stereocenters. The minimum atomic E-state index is -1.00. The van der Waals surface area contributed by atoms with E-state index in [9.17, 15) is 9.18 Å². The molecule has 0 spiro atoms. The zero-order chi connectivity index (χ0) is 19.9. The van der Waals surface area contributed by atoms with Gasteiger partial charge in [0.1, 0.15) is 0 Å². The molecule has 0 aliphatic rings. The molecule has 2 aromatic carbocycles. The third kappa shape index (κ3) is 6.51. The fourth-order valence-corrected chi connectivity index (χ4v) is 2.62. The van der Waals surface area contributed by atoms with Gasteiger partial charge in [-0.25, -0.2) is 4.39 Å². The van der Waals surface area contributed by atoms with E-state index in [-0.39, 0.29) is 36.9 Å². The van der Waals surface area contributed by atoms with E-state index in [4.69, 9.17) is 15.6 Å². The SMILES string of the molecule is Cl.NC(CC(=O)O)Cn1nnc(-c2ccc(OCCc3ccccc3)c(F)c2)n1. The normalized spacial score (nSPS) is 11.5. The Morgan fingerprint density at radius 3 is 2.69 bits per heavy atom. The number of tetrazole rings is 1. The molecule has 0 amide bonds. The van der Waals surface area contributed by atoms with Crippen LogP contribution in [0.25, 0.3) is 11.4 Å². The van der Waals surface area contributed by atoms with Crippen molar-refractivity contribution in [1.82, 2.24) is 20.2 Å². The Balaban J connectivity index is 0.00000300. The number of aliphatic carboxylic acids is 1. The molecule has 0 aliphatic heterocycles. The van der Waals surface area contributed by atoms with Crippen molar-refractivity contribution in [3.05, 3.63) is 59.9 Å². The summed E-state index contributed by atoms with van der Waals surface area (Å²) in [6, 6.07) is 13.6. The highest BCUT2D eigenvalue weighted by molar-refractivity contribution is 5.85. The number of hydrogen-bond acceptors (Lipinski definition) is 6. The number of ether oxygens (including phenoxy) is 1. The molecule has 3 N–H and O–H groups in total. The van der Waals surface area contributed by atoms with Crippen LogP contribution in [0.2, 0.25) is 0 Å². The van der Waals surface area contributed by atoms with Crippen molar-refractivity contribution < 1.29 is 19.0 Å². The number of aromatic nitrogens is 4. The van der Waals surface area contributed by atoms with E-state index in [1.807, 2.05) is 30.3 Å². The second-order valence-electron chi connectivity index (χ2n) is 6.26. The Hall–Kier alpha value is -3.04. The Kier molecular flexibility index (Phi) is 8.05. The van der Waals surface area contributed by atoms with Crippen molar-refractivity contribution in [1.29, 1.82) is 0 Å². The minimum Gasteiger partial charge on any atom is -0.490 e. The zero-order valence-electron chi connectivity index (χ0n) is 15.4. The summed E-state index contributed by atoms with van der Waals surface area (Å²) in [5.41, 5.74) is 7.25. The number of nitrogens with zero attached hydrogens (tertiary/aromatic N) is 4. The van der Waals surface area contributed by atoms with Gasteiger partial charge in [-0.2, -0.15) is 4.80 Å². The predicted octanol–water partition coefficient (Wildman–Crippen LogP) is 2.32. The van der Waals surface area contributed by atoms with E-state index in [1.54, 1.807) is 6.07 Å². The monoisotopic (exact) mass is 421 g/mol. The van der Waals surface area contributed by atoms with Crippen LogP contribution in [-0.2, 0) is 17.8 Å². The molecule has 0 saturated heterocycles. The highest BCUT2D eigenvalue weighted by atomic mass is 35.5. The molecule has 1 heterocycles. The third-order valence-electron chi connectivity index (χ3n) is 3.97. The number of hydrogen-bond donors (Lipinski definition) is 2. The van der Waals surface area contributed by atoms with Crippen molar-refractivity contribution in [2.24, 2.45) is 5.73 Å². The number of carbonyl (C=O) groups is 1. The van der Waals surface area contributed by atoms with E-state index in [0.29, 0.717) is 18.6 Å². The molecule has 29 heavy (non-hydrogen) atoms. The molecular weight excluding hydrogens is 401 g/mol. The lowest BCUT2D eigenvalue weighted by atomic mass is 10.2. The van der Waals surface area contributed by atoms with Crippen LogP contribution < -0.4 is 10.5 Å². The van der Waals surface area contributed by atoms with E-state index in [2.05, 4.69) is 15.4 Å². The maximum atomic E-state index is 14.3. The summed E-state index contributed by atoms with van der Waals surface area (Å²) in [5.74, 6) is -1.16. The topological polar surface area (TPSA) is 116 Å². The first kappa shape index (κ1) is 22.3. The lowest BCUT2D eigenvalue weighted by Gasteiger charge is -2.08. The van der Waals surface area contributed by atoms with Gasteiger partial charge >= 0.3 is 5.97 Å². The second-order valence-corrected chi connectivity index (χ2v) is 6.26. The third-order valence-corrected chi connectivity index (χ3v) is 3.97. The van der Waals surface area contributed by atoms with Crippen molar-refractivity contribution in [2.45, 2.75) is 25.4 Å². The van der Waals surface area contributed by atoms with Gasteiger partial charge in [-0.1, -0.05) is 30.3 Å². The van der Waals surface area contributed by atoms with Gasteiger partial charge in [0, 0.05) is 18.0 Å². The zero-order valence-corrected chi connectivity index (χ0v) is 16.3. The molecule has 10 heteroatoms. The number of carboxylic acids is 1. The summed E-state index contributed by atoms with van der Waals surface area (Å²) in [7, 11) is 0. The van der Waals surface area contributed by atoms with Gasteiger partial charge in [-0.15, -0.1) is 22.6 Å². The van der Waals surface area contributed by atoms with Gasteiger partial charge in [0.2, 0.25) is 5.82 Å². The fourth-order valence-electron chi connectivity index (χ4n) is 2.62. The van der Waals surface area contributed by atoms with Crippen molar-refractivity contribution in [2.75, 3.05) is 6.61 Å². The highest BCUT2D eigenvalue weighted by Gasteiger charge is 2.14. The van der Waals surface area contributed by atoms with E-state index in [1.165, 1.54) is 16.9 Å². The average molecular weight is 422 g/mol. The first-order valence-electron chi connectivity index (χ1n) is 8.73. The lowest BCUT2D eigenvalue weighted by Crippen LogP contribution is -2.30. The maximum absolute atomic E-state index is 14.3. The number of carboxylic acid groups (broad SMARTS) is 1. The molecule has 3 rings (SSSR count). The molecule has 3 aromatic rings. The number of halogens is 2. The Morgan fingerprint density at radius 2 is 2.00 bits per heavy atom. The Morgan fingerprint density at radius 1 is 1.24 bits per heavy atom. The molecule has 1 aromatic heterocycles. The van der Waals surface area contributed by atoms with Crippen LogP contribution in [0, 0.1) is 5.82 Å². The quantitative estimate of drug-likeness (QED) is 0.544. The van der Waals surface area contributed by atoms with Crippen LogP contribution in [0.1, 0.15) is 12.0 Å². The number of nitrogens with two attached hydrogens (primary N) is 1. The fraction of sp³-hybridized carbons (Fsp3) is 0.263. The Labute approximate surface area is 172 Å². The lowest BCUT2D eigenvalue weighted by molar-refractivity contribution is -0.137. The average Bonchev–Trinajstić information content (AvgIpc) is 3.11. The van der Waals surface area contributed by atoms with Gasteiger partial charge < -0.3 is 15.6 Å². The van der Waals surface area contributed by atoms with Crippen LogP contribution in [0.3, 0.4) is 0 Å². The molecule has 0 aliphatic carbocycles. The summed E-state index contributed by atoms with van der Waals surface area (Å²) in [6.45, 7) is 0.457. The Bertz CT molecular complexity index is 939. The summed E-state index contributed by atoms with van der Waals surface area (Å²) in [5, 5.41) is 20.5. The van der Waals surface area contributed by atoms with Crippen LogP contribution in [-0.4, -0.2) is 43.9 Å². The van der Waals surface area contributed by atoms with Crippen molar-refractivity contribution in [3.8, 4) is 17.1 Å². The molecular formula is C19H21ClFN5O3. The number of benzene rings is 2. The predicted molar refractivity (Wildman–Crippen MR) is 106 cm³/mol. The molecule has 0 fully saturated rings. The maximum Gasteiger partial charge on any atom is 0.304 e. The molecule has 0 radical (unpaired) electrons. The van der Waals surface area contributed by atoms with Gasteiger partial charge in [-0.05, 0) is 29.0 Å². The molecule has 1 atom stereocenters.